The standard InChI is InChI=1S/C23H31N5O3S/c1-5-8-20-24-16(4)21-23(30)25-22(26-28(20)21)18-15-17(9-10-19(18)31-14-7-3)32-27(11-6-2)12-13-29/h6,9-10,15,29H,2,5,7-8,11-14H2,1,3-4H3,(H,25,26,30). The van der Waals surface area contributed by atoms with Gasteiger partial charge < -0.3 is 14.8 Å². The molecule has 0 radical (unpaired) electrons. The number of hydrogen-bond donors (Lipinski definition) is 2. The lowest BCUT2D eigenvalue weighted by Crippen LogP contribution is -2.19. The molecule has 9 heteroatoms. The van der Waals surface area contributed by atoms with Gasteiger partial charge in [-0.05, 0) is 49.9 Å². The van der Waals surface area contributed by atoms with Crippen molar-refractivity contribution in [2.24, 2.45) is 0 Å². The van der Waals surface area contributed by atoms with Crippen molar-refractivity contribution in [2.45, 2.75) is 44.9 Å². The number of fused-ring (bicyclic) bond motifs is 1. The van der Waals surface area contributed by atoms with Crippen molar-refractivity contribution in [3.8, 4) is 17.1 Å². The predicted octanol–water partition coefficient (Wildman–Crippen LogP) is 3.62. The molecular formula is C23H31N5O3S. The summed E-state index contributed by atoms with van der Waals surface area (Å²) in [6, 6.07) is 5.82. The average Bonchev–Trinajstić information content (AvgIpc) is 3.09. The summed E-state index contributed by atoms with van der Waals surface area (Å²) in [5.74, 6) is 1.86. The van der Waals surface area contributed by atoms with Crippen LogP contribution in [0.4, 0.5) is 0 Å². The SMILES string of the molecule is C=CCN(CCO)Sc1ccc(OCCC)c(-c2nn3c(CCC)nc(C)c3c(=O)[nH]2)c1. The summed E-state index contributed by atoms with van der Waals surface area (Å²) in [6.07, 6.45) is 4.30. The highest BCUT2D eigenvalue weighted by Gasteiger charge is 2.18. The van der Waals surface area contributed by atoms with Gasteiger partial charge >= 0.3 is 0 Å². The third kappa shape index (κ3) is 5.40. The number of ether oxygens (including phenoxy) is 1. The van der Waals surface area contributed by atoms with Gasteiger partial charge in [0.1, 0.15) is 11.6 Å². The Morgan fingerprint density at radius 2 is 2.16 bits per heavy atom. The van der Waals surface area contributed by atoms with Gasteiger partial charge in [-0.3, -0.25) is 4.79 Å². The lowest BCUT2D eigenvalue weighted by molar-refractivity contribution is 0.267. The van der Waals surface area contributed by atoms with Crippen LogP contribution in [0.3, 0.4) is 0 Å². The minimum absolute atomic E-state index is 0.0527. The quantitative estimate of drug-likeness (QED) is 0.317. The van der Waals surface area contributed by atoms with Crippen molar-refractivity contribution >= 4 is 17.5 Å². The number of aromatic amines is 1. The Balaban J connectivity index is 2.11. The molecule has 0 aliphatic rings. The number of aliphatic hydroxyl groups is 1. The van der Waals surface area contributed by atoms with Crippen LogP contribution in [-0.4, -0.2) is 55.3 Å². The zero-order valence-electron chi connectivity index (χ0n) is 18.9. The average molecular weight is 458 g/mol. The van der Waals surface area contributed by atoms with Crippen LogP contribution in [0.25, 0.3) is 16.9 Å². The second-order valence-electron chi connectivity index (χ2n) is 7.42. The van der Waals surface area contributed by atoms with Crippen LogP contribution < -0.4 is 10.3 Å². The van der Waals surface area contributed by atoms with Gasteiger partial charge in [0.15, 0.2) is 11.3 Å². The summed E-state index contributed by atoms with van der Waals surface area (Å²) in [5.41, 5.74) is 1.62. The normalized spacial score (nSPS) is 11.4. The van der Waals surface area contributed by atoms with E-state index in [1.165, 1.54) is 11.9 Å². The zero-order chi connectivity index (χ0) is 23.1. The van der Waals surface area contributed by atoms with E-state index in [0.717, 1.165) is 30.0 Å². The number of rotatable bonds is 12. The van der Waals surface area contributed by atoms with E-state index in [9.17, 15) is 9.90 Å². The monoisotopic (exact) mass is 457 g/mol. The predicted molar refractivity (Wildman–Crippen MR) is 128 cm³/mol. The molecule has 2 N–H and O–H groups in total. The largest absolute Gasteiger partial charge is 0.493 e. The van der Waals surface area contributed by atoms with Crippen molar-refractivity contribution in [1.29, 1.82) is 0 Å². The van der Waals surface area contributed by atoms with Gasteiger partial charge in [-0.15, -0.1) is 11.7 Å². The van der Waals surface area contributed by atoms with Crippen LogP contribution in [0.15, 0.2) is 40.5 Å². The van der Waals surface area contributed by atoms with E-state index in [-0.39, 0.29) is 12.2 Å². The molecule has 1 aromatic carbocycles. The van der Waals surface area contributed by atoms with Gasteiger partial charge in [-0.2, -0.15) is 0 Å². The number of H-pyrrole nitrogens is 1. The molecule has 0 saturated heterocycles. The van der Waals surface area contributed by atoms with E-state index in [1.807, 2.05) is 36.4 Å². The highest BCUT2D eigenvalue weighted by atomic mass is 32.2. The summed E-state index contributed by atoms with van der Waals surface area (Å²) in [7, 11) is 0. The van der Waals surface area contributed by atoms with Crippen LogP contribution in [0.2, 0.25) is 0 Å². The lowest BCUT2D eigenvalue weighted by atomic mass is 10.2. The molecule has 0 spiro atoms. The van der Waals surface area contributed by atoms with Crippen LogP contribution in [0.1, 0.15) is 38.2 Å². The summed E-state index contributed by atoms with van der Waals surface area (Å²) >= 11 is 1.51. The number of hydrogen-bond acceptors (Lipinski definition) is 7. The van der Waals surface area contributed by atoms with Crippen LogP contribution in [-0.2, 0) is 6.42 Å². The van der Waals surface area contributed by atoms with Crippen molar-refractivity contribution in [2.75, 3.05) is 26.3 Å². The van der Waals surface area contributed by atoms with Crippen LogP contribution >= 0.6 is 11.9 Å². The van der Waals surface area contributed by atoms with E-state index in [0.29, 0.717) is 48.0 Å². The molecule has 0 amide bonds. The maximum atomic E-state index is 12.9. The van der Waals surface area contributed by atoms with Crippen molar-refractivity contribution in [3.63, 3.8) is 0 Å². The molecule has 0 unspecified atom stereocenters. The topological polar surface area (TPSA) is 95.8 Å². The van der Waals surface area contributed by atoms with Crippen molar-refractivity contribution in [3.05, 3.63) is 52.7 Å². The number of aliphatic hydroxyl groups excluding tert-OH is 1. The first kappa shape index (κ1) is 24.0. The third-order valence-electron chi connectivity index (χ3n) is 4.80. The molecule has 3 aromatic rings. The van der Waals surface area contributed by atoms with E-state index in [1.54, 1.807) is 10.6 Å². The fourth-order valence-corrected chi connectivity index (χ4v) is 4.36. The van der Waals surface area contributed by atoms with E-state index in [4.69, 9.17) is 9.84 Å². The fraction of sp³-hybridized carbons (Fsp3) is 0.435. The molecule has 32 heavy (non-hydrogen) atoms. The van der Waals surface area contributed by atoms with Gasteiger partial charge in [0.2, 0.25) is 0 Å². The molecule has 2 aromatic heterocycles. The van der Waals surface area contributed by atoms with Gasteiger partial charge in [0.05, 0.1) is 24.5 Å². The van der Waals surface area contributed by atoms with E-state index < -0.39 is 0 Å². The van der Waals surface area contributed by atoms with Gasteiger partial charge in [-0.25, -0.2) is 13.8 Å². The molecule has 0 saturated carbocycles. The number of nitrogens with one attached hydrogen (secondary N) is 1. The lowest BCUT2D eigenvalue weighted by Gasteiger charge is -2.19. The summed E-state index contributed by atoms with van der Waals surface area (Å²) in [6.45, 7) is 11.5. The van der Waals surface area contributed by atoms with Crippen LogP contribution in [0.5, 0.6) is 5.75 Å². The Morgan fingerprint density at radius 3 is 2.84 bits per heavy atom. The minimum atomic E-state index is -0.226. The van der Waals surface area contributed by atoms with Crippen molar-refractivity contribution in [1.82, 2.24) is 23.9 Å². The second-order valence-corrected chi connectivity index (χ2v) is 8.59. The number of imidazole rings is 1. The molecule has 8 nitrogen and oxygen atoms in total. The first-order valence-corrected chi connectivity index (χ1v) is 11.7. The van der Waals surface area contributed by atoms with Crippen LogP contribution in [0, 0.1) is 6.92 Å². The Hall–Kier alpha value is -2.62. The summed E-state index contributed by atoms with van der Waals surface area (Å²) in [5, 5.41) is 14.1. The zero-order valence-corrected chi connectivity index (χ0v) is 19.7. The van der Waals surface area contributed by atoms with E-state index in [2.05, 4.69) is 23.5 Å². The first-order valence-electron chi connectivity index (χ1n) is 10.9. The minimum Gasteiger partial charge on any atom is -0.493 e. The fourth-order valence-electron chi connectivity index (χ4n) is 3.41. The van der Waals surface area contributed by atoms with Gasteiger partial charge in [0.25, 0.3) is 5.56 Å². The number of nitrogens with zero attached hydrogens (tertiary/aromatic N) is 4. The van der Waals surface area contributed by atoms with Gasteiger partial charge in [0, 0.05) is 24.4 Å². The molecule has 0 aliphatic heterocycles. The summed E-state index contributed by atoms with van der Waals surface area (Å²) in [4.78, 5) is 21.3. The maximum Gasteiger partial charge on any atom is 0.277 e. The summed E-state index contributed by atoms with van der Waals surface area (Å²) < 4.78 is 9.63. The van der Waals surface area contributed by atoms with Gasteiger partial charge in [-0.1, -0.05) is 19.9 Å². The smallest absolute Gasteiger partial charge is 0.277 e. The molecule has 0 aliphatic carbocycles. The Labute approximate surface area is 192 Å². The molecule has 172 valence electrons. The molecule has 2 heterocycles. The molecular weight excluding hydrogens is 426 g/mol. The maximum absolute atomic E-state index is 12.9. The van der Waals surface area contributed by atoms with Crippen molar-refractivity contribution < 1.29 is 9.84 Å². The number of benzene rings is 1. The molecule has 0 fully saturated rings. The molecule has 3 rings (SSSR count). The second kappa shape index (κ2) is 11.3. The third-order valence-corrected chi connectivity index (χ3v) is 5.86. The highest BCUT2D eigenvalue weighted by Crippen LogP contribution is 2.33. The number of aromatic nitrogens is 4. The Bertz CT molecular complexity index is 1120. The Morgan fingerprint density at radius 1 is 1.34 bits per heavy atom. The Kier molecular flexibility index (Phi) is 8.49. The molecule has 0 bridgehead atoms. The number of aryl methyl sites for hydroxylation is 2. The van der Waals surface area contributed by atoms with E-state index >= 15 is 0 Å². The first-order chi connectivity index (χ1) is 15.5. The highest BCUT2D eigenvalue weighted by molar-refractivity contribution is 7.97. The molecule has 0 atom stereocenters.